The van der Waals surface area contributed by atoms with Gasteiger partial charge in [-0.15, -0.1) is 0 Å². The minimum Gasteiger partial charge on any atom is -0.479 e. The van der Waals surface area contributed by atoms with Crippen molar-refractivity contribution in [3.8, 4) is 5.75 Å². The summed E-state index contributed by atoms with van der Waals surface area (Å²) in [6.45, 7) is -0.136. The Morgan fingerprint density at radius 3 is 2.42 bits per heavy atom. The minimum atomic E-state index is -1.18. The molecule has 7 nitrogen and oxygen atoms in total. The third kappa shape index (κ3) is 3.88. The molecule has 0 bridgehead atoms. The molecular formula is C21H17BrCl2N2O5. The van der Waals surface area contributed by atoms with E-state index in [4.69, 9.17) is 33.0 Å². The lowest BCUT2D eigenvalue weighted by atomic mass is 9.88. The molecular weight excluding hydrogens is 511 g/mol. The summed E-state index contributed by atoms with van der Waals surface area (Å²) in [6.07, 6.45) is 1.71. The van der Waals surface area contributed by atoms with Crippen LogP contribution in [0.15, 0.2) is 40.9 Å². The third-order valence-electron chi connectivity index (χ3n) is 5.50. The highest BCUT2D eigenvalue weighted by molar-refractivity contribution is 9.10. The smallest absolute Gasteiger partial charge is 0.341 e. The Bertz CT molecular complexity index is 1050. The Hall–Kier alpha value is -2.29. The zero-order valence-electron chi connectivity index (χ0n) is 16.1. The number of rotatable bonds is 6. The summed E-state index contributed by atoms with van der Waals surface area (Å²) in [5, 5.41) is 8.82. The number of carboxylic acid groups (broad SMARTS) is 1. The molecule has 31 heavy (non-hydrogen) atoms. The van der Waals surface area contributed by atoms with Crippen LogP contribution < -0.4 is 9.64 Å². The van der Waals surface area contributed by atoms with Crippen LogP contribution in [0.25, 0.3) is 0 Å². The summed E-state index contributed by atoms with van der Waals surface area (Å²) in [5.41, 5.74) is 0.214. The Morgan fingerprint density at radius 2 is 1.81 bits per heavy atom. The van der Waals surface area contributed by atoms with Crippen LogP contribution in [0, 0.1) is 0 Å². The van der Waals surface area contributed by atoms with E-state index in [2.05, 4.69) is 15.9 Å². The molecule has 10 heteroatoms. The molecule has 0 saturated carbocycles. The Morgan fingerprint density at radius 1 is 1.16 bits per heavy atom. The second kappa shape index (κ2) is 8.33. The fourth-order valence-corrected chi connectivity index (χ4v) is 5.02. The van der Waals surface area contributed by atoms with Gasteiger partial charge in [0, 0.05) is 17.4 Å². The third-order valence-corrected chi connectivity index (χ3v) is 6.59. The molecule has 4 rings (SSSR count). The molecule has 2 heterocycles. The number of carbonyl (C=O) groups excluding carboxylic acids is 2. The summed E-state index contributed by atoms with van der Waals surface area (Å²) >= 11 is 15.8. The lowest BCUT2D eigenvalue weighted by Crippen LogP contribution is -2.47. The predicted molar refractivity (Wildman–Crippen MR) is 119 cm³/mol. The first-order chi connectivity index (χ1) is 14.7. The molecule has 0 radical (unpaired) electrons. The number of nitrogens with zero attached hydrogens (tertiary/aromatic N) is 2. The maximum Gasteiger partial charge on any atom is 0.341 e. The van der Waals surface area contributed by atoms with Crippen molar-refractivity contribution in [1.29, 1.82) is 0 Å². The van der Waals surface area contributed by atoms with E-state index in [0.717, 1.165) is 21.4 Å². The van der Waals surface area contributed by atoms with Crippen molar-refractivity contribution in [2.45, 2.75) is 24.8 Å². The van der Waals surface area contributed by atoms with Crippen LogP contribution in [0.5, 0.6) is 5.75 Å². The van der Waals surface area contributed by atoms with Crippen LogP contribution >= 0.6 is 39.1 Å². The van der Waals surface area contributed by atoms with E-state index in [-0.39, 0.29) is 27.4 Å². The van der Waals surface area contributed by atoms with Gasteiger partial charge in [-0.25, -0.2) is 14.5 Å². The zero-order chi connectivity index (χ0) is 22.3. The maximum absolute atomic E-state index is 13.6. The number of benzene rings is 2. The van der Waals surface area contributed by atoms with Crippen LogP contribution in [0.1, 0.15) is 18.4 Å². The van der Waals surface area contributed by atoms with Gasteiger partial charge in [-0.05, 0) is 42.7 Å². The van der Waals surface area contributed by atoms with Crippen LogP contribution in [0.3, 0.4) is 0 Å². The van der Waals surface area contributed by atoms with E-state index in [1.165, 1.54) is 12.1 Å². The Kier molecular flexibility index (Phi) is 5.89. The van der Waals surface area contributed by atoms with E-state index >= 15 is 0 Å². The monoisotopic (exact) mass is 526 g/mol. The van der Waals surface area contributed by atoms with Gasteiger partial charge in [0.25, 0.3) is 5.91 Å². The van der Waals surface area contributed by atoms with Crippen molar-refractivity contribution >= 4 is 62.7 Å². The lowest BCUT2D eigenvalue weighted by molar-refractivity contribution is -0.139. The van der Waals surface area contributed by atoms with E-state index in [1.54, 1.807) is 4.90 Å². The fourth-order valence-electron chi connectivity index (χ4n) is 4.17. The van der Waals surface area contributed by atoms with Crippen LogP contribution in [-0.4, -0.2) is 46.6 Å². The number of anilines is 1. The molecule has 3 amide bonds. The molecule has 0 aliphatic carbocycles. The van der Waals surface area contributed by atoms with Gasteiger partial charge >= 0.3 is 12.0 Å². The predicted octanol–water partition coefficient (Wildman–Crippen LogP) is 4.76. The molecule has 0 spiro atoms. The van der Waals surface area contributed by atoms with Gasteiger partial charge in [-0.2, -0.15) is 0 Å². The van der Waals surface area contributed by atoms with Crippen LogP contribution in [-0.2, 0) is 16.0 Å². The lowest BCUT2D eigenvalue weighted by Gasteiger charge is -2.28. The van der Waals surface area contributed by atoms with Crippen molar-refractivity contribution in [3.63, 3.8) is 0 Å². The summed E-state index contributed by atoms with van der Waals surface area (Å²) in [5.74, 6) is -1.53. The minimum absolute atomic E-state index is 0.0124. The highest BCUT2D eigenvalue weighted by Crippen LogP contribution is 2.44. The SMILES string of the molecule is O=C(O)COc1c(Cl)cc(N2C(=O)N3CCCC3(Cc3ccc(Br)cc3)C2=O)cc1Cl. The molecule has 2 aromatic carbocycles. The summed E-state index contributed by atoms with van der Waals surface area (Å²) < 4.78 is 6.05. The largest absolute Gasteiger partial charge is 0.479 e. The van der Waals surface area contributed by atoms with Gasteiger partial charge < -0.3 is 14.7 Å². The first-order valence-corrected chi connectivity index (χ1v) is 11.0. The molecule has 1 N–H and O–H groups in total. The van der Waals surface area contributed by atoms with Crippen molar-refractivity contribution in [1.82, 2.24) is 4.90 Å². The second-order valence-corrected chi connectivity index (χ2v) is 9.16. The van der Waals surface area contributed by atoms with E-state index in [9.17, 15) is 14.4 Å². The van der Waals surface area contributed by atoms with Crippen LogP contribution in [0.2, 0.25) is 10.0 Å². The fraction of sp³-hybridized carbons (Fsp3) is 0.286. The molecule has 2 fully saturated rings. The van der Waals surface area contributed by atoms with Crippen LogP contribution in [0.4, 0.5) is 10.5 Å². The van der Waals surface area contributed by atoms with E-state index in [0.29, 0.717) is 19.4 Å². The highest BCUT2D eigenvalue weighted by Gasteiger charge is 2.59. The quantitative estimate of drug-likeness (QED) is 0.547. The first kappa shape index (κ1) is 21.9. The normalized spacial score (nSPS) is 20.4. The number of urea groups is 1. The van der Waals surface area contributed by atoms with E-state index in [1.807, 2.05) is 24.3 Å². The summed E-state index contributed by atoms with van der Waals surface area (Å²) in [6, 6.07) is 10.0. The standard InChI is InChI=1S/C21H17BrCl2N2O5/c22-13-4-2-12(3-5-13)10-21-6-1-7-25(21)20(30)26(19(21)29)14-8-15(23)18(16(24)9-14)31-11-17(27)28/h2-5,8-9H,1,6-7,10-11H2,(H,27,28). The maximum atomic E-state index is 13.6. The van der Waals surface area contributed by atoms with Crippen molar-refractivity contribution in [2.75, 3.05) is 18.1 Å². The number of halogens is 3. The van der Waals surface area contributed by atoms with Gasteiger partial charge in [-0.1, -0.05) is 51.3 Å². The number of hydrogen-bond donors (Lipinski definition) is 1. The molecule has 2 saturated heterocycles. The Balaban J connectivity index is 1.67. The summed E-state index contributed by atoms with van der Waals surface area (Å²) in [7, 11) is 0. The number of hydrogen-bond acceptors (Lipinski definition) is 4. The summed E-state index contributed by atoms with van der Waals surface area (Å²) in [4.78, 5) is 40.2. The first-order valence-electron chi connectivity index (χ1n) is 9.47. The van der Waals surface area contributed by atoms with Gasteiger partial charge in [-0.3, -0.25) is 4.79 Å². The second-order valence-electron chi connectivity index (χ2n) is 7.43. The zero-order valence-corrected chi connectivity index (χ0v) is 19.2. The average Bonchev–Trinajstić information content (AvgIpc) is 3.21. The molecule has 1 atom stereocenters. The van der Waals surface area contributed by atoms with Gasteiger partial charge in [0.15, 0.2) is 12.4 Å². The molecule has 162 valence electrons. The number of carbonyl (C=O) groups is 3. The highest BCUT2D eigenvalue weighted by atomic mass is 79.9. The number of imide groups is 1. The molecule has 1 unspecified atom stereocenters. The molecule has 2 aromatic rings. The van der Waals surface area contributed by atoms with Gasteiger partial charge in [0.05, 0.1) is 15.7 Å². The number of carboxylic acids is 1. The average molecular weight is 528 g/mol. The molecule has 2 aliphatic rings. The van der Waals surface area contributed by atoms with Crippen molar-refractivity contribution in [3.05, 3.63) is 56.5 Å². The van der Waals surface area contributed by atoms with Gasteiger partial charge in [0.1, 0.15) is 5.54 Å². The van der Waals surface area contributed by atoms with Gasteiger partial charge in [0.2, 0.25) is 0 Å². The molecule has 0 aromatic heterocycles. The number of aliphatic carboxylic acids is 1. The number of ether oxygens (including phenoxy) is 1. The van der Waals surface area contributed by atoms with Crippen molar-refractivity contribution in [2.24, 2.45) is 0 Å². The number of fused-ring (bicyclic) bond motifs is 1. The van der Waals surface area contributed by atoms with E-state index < -0.39 is 24.1 Å². The number of amides is 3. The Labute approximate surface area is 196 Å². The van der Waals surface area contributed by atoms with Crippen molar-refractivity contribution < 1.29 is 24.2 Å². The molecule has 2 aliphatic heterocycles. The topological polar surface area (TPSA) is 87.2 Å².